The summed E-state index contributed by atoms with van der Waals surface area (Å²) in [6.45, 7) is 8.59. The van der Waals surface area contributed by atoms with Crippen LogP contribution in [0.1, 0.15) is 45.6 Å². The molecule has 0 heterocycles. The topological polar surface area (TPSA) is 74.8 Å². The minimum atomic E-state index is -0.113. The van der Waals surface area contributed by atoms with Crippen LogP contribution in [0.5, 0.6) is 5.75 Å². The molecule has 0 aliphatic heterocycles. The molecular weight excluding hydrogens is 455 g/mol. The van der Waals surface area contributed by atoms with Gasteiger partial charge in [-0.2, -0.15) is 0 Å². The van der Waals surface area contributed by atoms with Crippen LogP contribution < -0.4 is 20.7 Å². The van der Waals surface area contributed by atoms with Gasteiger partial charge in [0.1, 0.15) is 5.75 Å². The molecule has 0 fully saturated rings. The van der Waals surface area contributed by atoms with Gasteiger partial charge in [0, 0.05) is 26.7 Å². The minimum Gasteiger partial charge on any atom is -0.484 e. The number of carbonyl (C=O) groups excluding carboxylic acids is 1. The molecule has 0 atom stereocenters. The number of ether oxygens (including phenoxy) is 1. The fourth-order valence-corrected chi connectivity index (χ4v) is 2.43. The van der Waals surface area contributed by atoms with Gasteiger partial charge in [-0.25, -0.2) is 0 Å². The number of likely N-dealkylation sites (N-methyl/N-ethyl adjacent to an activating group) is 1. The second-order valence-corrected chi connectivity index (χ2v) is 6.63. The first-order chi connectivity index (χ1) is 12.5. The lowest BCUT2D eigenvalue weighted by Crippen LogP contribution is -2.37. The van der Waals surface area contributed by atoms with Crippen LogP contribution in [0.25, 0.3) is 0 Å². The maximum absolute atomic E-state index is 11.5. The first-order valence-electron chi connectivity index (χ1n) is 9.48. The largest absolute Gasteiger partial charge is 0.484 e. The van der Waals surface area contributed by atoms with E-state index in [4.69, 9.17) is 4.74 Å². The molecule has 0 unspecified atom stereocenters. The molecule has 1 aromatic rings. The molecule has 1 rings (SSSR count). The highest BCUT2D eigenvalue weighted by Gasteiger charge is 2.03. The van der Waals surface area contributed by atoms with Crippen molar-refractivity contribution in [3.8, 4) is 5.75 Å². The number of rotatable bonds is 11. The van der Waals surface area contributed by atoms with E-state index in [1.807, 2.05) is 31.2 Å². The summed E-state index contributed by atoms with van der Waals surface area (Å²) in [5.74, 6) is 2.13. The molecule has 0 bridgehead atoms. The summed E-state index contributed by atoms with van der Waals surface area (Å²) in [6, 6.07) is 7.72. The summed E-state index contributed by atoms with van der Waals surface area (Å²) in [5.41, 5.74) is 1.07. The lowest BCUT2D eigenvalue weighted by molar-refractivity contribution is -0.122. The molecule has 1 amide bonds. The van der Waals surface area contributed by atoms with E-state index in [1.54, 1.807) is 7.05 Å². The molecule has 1 aromatic carbocycles. The third kappa shape index (κ3) is 12.5. The van der Waals surface area contributed by atoms with Gasteiger partial charge >= 0.3 is 0 Å². The maximum atomic E-state index is 11.5. The van der Waals surface area contributed by atoms with Gasteiger partial charge in [0.25, 0.3) is 5.91 Å². The van der Waals surface area contributed by atoms with Crippen LogP contribution in [0.2, 0.25) is 0 Å². The summed E-state index contributed by atoms with van der Waals surface area (Å²) in [5, 5.41) is 9.35. The van der Waals surface area contributed by atoms with E-state index < -0.39 is 0 Å². The molecule has 7 heteroatoms. The van der Waals surface area contributed by atoms with E-state index in [1.165, 1.54) is 12.8 Å². The van der Waals surface area contributed by atoms with Gasteiger partial charge < -0.3 is 20.7 Å². The number of hydrogen-bond donors (Lipinski definition) is 3. The van der Waals surface area contributed by atoms with E-state index in [0.717, 1.165) is 30.4 Å². The van der Waals surface area contributed by atoms with Crippen molar-refractivity contribution in [3.05, 3.63) is 29.8 Å². The van der Waals surface area contributed by atoms with E-state index in [2.05, 4.69) is 34.8 Å². The predicted molar refractivity (Wildman–Crippen MR) is 123 cm³/mol. The molecule has 0 saturated heterocycles. The Hall–Kier alpha value is -1.51. The number of amides is 1. The summed E-state index contributed by atoms with van der Waals surface area (Å²) >= 11 is 0. The Morgan fingerprint density at radius 2 is 1.96 bits per heavy atom. The van der Waals surface area contributed by atoms with Gasteiger partial charge in [-0.05, 0) is 37.0 Å². The number of halogens is 1. The van der Waals surface area contributed by atoms with Gasteiger partial charge in [-0.1, -0.05) is 38.8 Å². The SMILES string of the molecule is CCNC(=O)COc1cccc(CNC(=NC)NCCCCC(C)C)c1.I. The van der Waals surface area contributed by atoms with Crippen LogP contribution in [0.4, 0.5) is 0 Å². The number of benzene rings is 1. The second kappa shape index (κ2) is 15.5. The first-order valence-corrected chi connectivity index (χ1v) is 9.48. The fourth-order valence-electron chi connectivity index (χ4n) is 2.43. The Morgan fingerprint density at radius 3 is 2.63 bits per heavy atom. The van der Waals surface area contributed by atoms with Crippen LogP contribution in [0, 0.1) is 5.92 Å². The lowest BCUT2D eigenvalue weighted by Gasteiger charge is -2.13. The highest BCUT2D eigenvalue weighted by molar-refractivity contribution is 14.0. The summed E-state index contributed by atoms with van der Waals surface area (Å²) < 4.78 is 5.52. The van der Waals surface area contributed by atoms with E-state index in [-0.39, 0.29) is 36.5 Å². The Labute approximate surface area is 181 Å². The van der Waals surface area contributed by atoms with Crippen LogP contribution in [-0.4, -0.2) is 38.6 Å². The molecule has 27 heavy (non-hydrogen) atoms. The number of unbranched alkanes of at least 4 members (excludes halogenated alkanes) is 1. The molecule has 0 aliphatic rings. The molecule has 0 radical (unpaired) electrons. The van der Waals surface area contributed by atoms with Crippen molar-refractivity contribution in [3.63, 3.8) is 0 Å². The zero-order chi connectivity index (χ0) is 19.2. The van der Waals surface area contributed by atoms with Crippen molar-refractivity contribution < 1.29 is 9.53 Å². The molecule has 154 valence electrons. The van der Waals surface area contributed by atoms with Gasteiger partial charge in [0.05, 0.1) is 0 Å². The molecule has 0 saturated carbocycles. The summed E-state index contributed by atoms with van der Waals surface area (Å²) in [6.07, 6.45) is 3.63. The zero-order valence-electron chi connectivity index (χ0n) is 17.0. The van der Waals surface area contributed by atoms with E-state index >= 15 is 0 Å². The Balaban J connectivity index is 0.00000676. The number of aliphatic imine (C=N–C) groups is 1. The fraction of sp³-hybridized carbons (Fsp3) is 0.600. The first kappa shape index (κ1) is 25.5. The highest BCUT2D eigenvalue weighted by atomic mass is 127. The average molecular weight is 490 g/mol. The Morgan fingerprint density at radius 1 is 1.19 bits per heavy atom. The van der Waals surface area contributed by atoms with Crippen LogP contribution in [0.3, 0.4) is 0 Å². The summed E-state index contributed by atoms with van der Waals surface area (Å²) in [4.78, 5) is 15.7. The number of nitrogens with one attached hydrogen (secondary N) is 3. The number of nitrogens with zero attached hydrogens (tertiary/aromatic N) is 1. The maximum Gasteiger partial charge on any atom is 0.257 e. The van der Waals surface area contributed by atoms with Crippen molar-refractivity contribution in [2.75, 3.05) is 26.7 Å². The van der Waals surface area contributed by atoms with Gasteiger partial charge in [-0.3, -0.25) is 9.79 Å². The van der Waals surface area contributed by atoms with E-state index in [9.17, 15) is 4.79 Å². The second-order valence-electron chi connectivity index (χ2n) is 6.63. The third-order valence-electron chi connectivity index (χ3n) is 3.83. The molecule has 0 spiro atoms. The van der Waals surface area contributed by atoms with Crippen molar-refractivity contribution in [1.29, 1.82) is 0 Å². The zero-order valence-corrected chi connectivity index (χ0v) is 19.3. The van der Waals surface area contributed by atoms with Crippen LogP contribution in [0.15, 0.2) is 29.3 Å². The van der Waals surface area contributed by atoms with Crippen LogP contribution >= 0.6 is 24.0 Å². The van der Waals surface area contributed by atoms with Crippen LogP contribution in [-0.2, 0) is 11.3 Å². The number of hydrogen-bond acceptors (Lipinski definition) is 3. The molecule has 0 aliphatic carbocycles. The monoisotopic (exact) mass is 490 g/mol. The number of carbonyl (C=O) groups is 1. The minimum absolute atomic E-state index is 0. The van der Waals surface area contributed by atoms with Gasteiger partial charge in [0.15, 0.2) is 12.6 Å². The number of guanidine groups is 1. The molecule has 3 N–H and O–H groups in total. The quantitative estimate of drug-likeness (QED) is 0.193. The lowest BCUT2D eigenvalue weighted by atomic mass is 10.1. The Bertz CT molecular complexity index is 565. The molecular formula is C20H35IN4O2. The Kier molecular flexibility index (Phi) is 14.7. The van der Waals surface area contributed by atoms with Crippen molar-refractivity contribution in [2.24, 2.45) is 10.9 Å². The normalized spacial score (nSPS) is 10.9. The average Bonchev–Trinajstić information content (AvgIpc) is 2.62. The third-order valence-corrected chi connectivity index (χ3v) is 3.83. The van der Waals surface area contributed by atoms with Gasteiger partial charge in [-0.15, -0.1) is 24.0 Å². The molecule has 6 nitrogen and oxygen atoms in total. The highest BCUT2D eigenvalue weighted by Crippen LogP contribution is 2.13. The smallest absolute Gasteiger partial charge is 0.257 e. The standard InChI is InChI=1S/C20H34N4O2.HI/c1-5-22-19(25)15-26-18-11-8-10-17(13-18)14-24-20(21-4)23-12-7-6-9-16(2)3;/h8,10-11,13,16H,5-7,9,12,14-15H2,1-4H3,(H,22,25)(H2,21,23,24);1H. The van der Waals surface area contributed by atoms with E-state index in [0.29, 0.717) is 18.8 Å². The predicted octanol–water partition coefficient (Wildman–Crippen LogP) is 3.31. The van der Waals surface area contributed by atoms with Gasteiger partial charge in [0.2, 0.25) is 0 Å². The van der Waals surface area contributed by atoms with Crippen molar-refractivity contribution in [2.45, 2.75) is 46.6 Å². The van der Waals surface area contributed by atoms with Crippen molar-refractivity contribution >= 4 is 35.8 Å². The summed E-state index contributed by atoms with van der Waals surface area (Å²) in [7, 11) is 1.77. The molecule has 0 aromatic heterocycles. The van der Waals surface area contributed by atoms with Crippen molar-refractivity contribution in [1.82, 2.24) is 16.0 Å².